The summed E-state index contributed by atoms with van der Waals surface area (Å²) in [7, 11) is 2.65. The van der Waals surface area contributed by atoms with Crippen molar-refractivity contribution in [2.24, 2.45) is 5.92 Å². The van der Waals surface area contributed by atoms with Crippen molar-refractivity contribution in [1.82, 2.24) is 20.7 Å². The third-order valence-corrected chi connectivity index (χ3v) is 3.75. The quantitative estimate of drug-likeness (QED) is 0.517. The van der Waals surface area contributed by atoms with Crippen LogP contribution in [0.25, 0.3) is 0 Å². The van der Waals surface area contributed by atoms with Gasteiger partial charge in [0, 0.05) is 7.05 Å². The highest BCUT2D eigenvalue weighted by Crippen LogP contribution is 2.15. The molecule has 27 heavy (non-hydrogen) atoms. The molecule has 0 radical (unpaired) electrons. The molecule has 4 amide bonds. The molecule has 0 aromatic carbocycles. The van der Waals surface area contributed by atoms with Gasteiger partial charge in [-0.2, -0.15) is 0 Å². The minimum atomic E-state index is -0.808. The number of hydrogen-bond donors (Lipinski definition) is 2. The Morgan fingerprint density at radius 3 is 2.33 bits per heavy atom. The summed E-state index contributed by atoms with van der Waals surface area (Å²) in [5.74, 6) is -0.838. The van der Waals surface area contributed by atoms with E-state index in [1.165, 1.54) is 19.2 Å². The van der Waals surface area contributed by atoms with E-state index in [-0.39, 0.29) is 12.5 Å². The summed E-state index contributed by atoms with van der Waals surface area (Å²) in [6.07, 6.45) is -0.293. The number of methoxy groups -OCH3 is 1. The lowest BCUT2D eigenvalue weighted by molar-refractivity contribution is -0.160. The lowest BCUT2D eigenvalue weighted by Gasteiger charge is -2.43. The third kappa shape index (κ3) is 6.61. The molecule has 0 spiro atoms. The Kier molecular flexibility index (Phi) is 7.44. The maximum Gasteiger partial charge on any atom is 0.408 e. The molecular weight excluding hydrogens is 356 g/mol. The number of carbonyl (C=O) groups is 4. The number of hydrazine groups is 1. The number of hydrogen-bond acceptors (Lipinski definition) is 6. The predicted octanol–water partition coefficient (Wildman–Crippen LogP) is 0.866. The van der Waals surface area contributed by atoms with Crippen LogP contribution >= 0.6 is 0 Å². The van der Waals surface area contributed by atoms with E-state index < -0.39 is 41.7 Å². The van der Waals surface area contributed by atoms with Crippen LogP contribution in [-0.4, -0.2) is 72.4 Å². The number of β-lactam (4-membered cyclic amide) rings is 1. The average molecular weight is 386 g/mol. The highest BCUT2D eigenvalue weighted by Gasteiger charge is 2.43. The monoisotopic (exact) mass is 386 g/mol. The van der Waals surface area contributed by atoms with E-state index >= 15 is 0 Å². The van der Waals surface area contributed by atoms with Crippen molar-refractivity contribution in [3.05, 3.63) is 0 Å². The Labute approximate surface area is 159 Å². The van der Waals surface area contributed by atoms with Gasteiger partial charge in [0.15, 0.2) is 0 Å². The van der Waals surface area contributed by atoms with E-state index in [4.69, 9.17) is 9.47 Å². The zero-order chi connectivity index (χ0) is 20.9. The van der Waals surface area contributed by atoms with Gasteiger partial charge in [0.1, 0.15) is 17.7 Å². The lowest BCUT2D eigenvalue weighted by atomic mass is 10.0. The van der Waals surface area contributed by atoms with E-state index in [0.717, 1.165) is 5.01 Å². The fourth-order valence-corrected chi connectivity index (χ4v) is 2.42. The number of rotatable bonds is 6. The molecule has 0 saturated carbocycles. The molecule has 1 aliphatic heterocycles. The molecule has 10 nitrogen and oxygen atoms in total. The van der Waals surface area contributed by atoms with Crippen LogP contribution in [-0.2, 0) is 19.1 Å². The van der Waals surface area contributed by atoms with Gasteiger partial charge in [-0.1, -0.05) is 13.8 Å². The topological polar surface area (TPSA) is 117 Å². The first-order valence-corrected chi connectivity index (χ1v) is 8.78. The molecule has 1 heterocycles. The Bertz CT molecular complexity index is 586. The molecule has 0 unspecified atom stereocenters. The van der Waals surface area contributed by atoms with Crippen molar-refractivity contribution in [2.75, 3.05) is 20.7 Å². The standard InChI is InChI=1S/C17H30N4O6/c1-10(2)8-11(14(23)26-7)18-15(24)20(6)21-9-12(13(21)22)19-16(25)27-17(3,4)5/h10-12H,8-9H2,1-7H3,(H,18,24)(H,19,25)/t11-,12-/m0/s1. The van der Waals surface area contributed by atoms with Crippen LogP contribution in [0.1, 0.15) is 41.0 Å². The Balaban J connectivity index is 2.58. The summed E-state index contributed by atoms with van der Waals surface area (Å²) in [6, 6.07) is -2.19. The van der Waals surface area contributed by atoms with Crippen molar-refractivity contribution in [3.63, 3.8) is 0 Å². The molecule has 2 atom stereocenters. The Hall–Kier alpha value is -2.52. The largest absolute Gasteiger partial charge is 0.467 e. The minimum Gasteiger partial charge on any atom is -0.467 e. The summed E-state index contributed by atoms with van der Waals surface area (Å²) in [5, 5.41) is 7.26. The van der Waals surface area contributed by atoms with Gasteiger partial charge in [-0.25, -0.2) is 24.4 Å². The first kappa shape index (κ1) is 22.5. The van der Waals surface area contributed by atoms with E-state index in [2.05, 4.69) is 10.6 Å². The van der Waals surface area contributed by atoms with Gasteiger partial charge in [-0.15, -0.1) is 0 Å². The van der Waals surface area contributed by atoms with Gasteiger partial charge in [0.05, 0.1) is 13.7 Å². The van der Waals surface area contributed by atoms with Gasteiger partial charge in [0.25, 0.3) is 5.91 Å². The van der Waals surface area contributed by atoms with E-state index in [1.807, 2.05) is 13.8 Å². The second-order valence-electron chi connectivity index (χ2n) is 7.80. The third-order valence-electron chi connectivity index (χ3n) is 3.75. The van der Waals surface area contributed by atoms with Gasteiger partial charge < -0.3 is 20.1 Å². The van der Waals surface area contributed by atoms with Gasteiger partial charge in [0.2, 0.25) is 0 Å². The average Bonchev–Trinajstić information content (AvgIpc) is 2.53. The minimum absolute atomic E-state index is 0.120. The number of ether oxygens (including phenoxy) is 2. The van der Waals surface area contributed by atoms with Gasteiger partial charge >= 0.3 is 18.1 Å². The first-order valence-electron chi connectivity index (χ1n) is 8.78. The summed E-state index contributed by atoms with van der Waals surface area (Å²) >= 11 is 0. The number of nitrogens with one attached hydrogen (secondary N) is 2. The lowest BCUT2D eigenvalue weighted by Crippen LogP contribution is -2.70. The van der Waals surface area contributed by atoms with Gasteiger partial charge in [-0.3, -0.25) is 4.79 Å². The summed E-state index contributed by atoms with van der Waals surface area (Å²) < 4.78 is 9.80. The van der Waals surface area contributed by atoms with Crippen molar-refractivity contribution in [3.8, 4) is 0 Å². The molecule has 1 saturated heterocycles. The van der Waals surface area contributed by atoms with Crippen LogP contribution in [0.15, 0.2) is 0 Å². The molecule has 10 heteroatoms. The number of urea groups is 1. The van der Waals surface area contributed by atoms with Crippen LogP contribution in [0.4, 0.5) is 9.59 Å². The SMILES string of the molecule is COC(=O)[C@H](CC(C)C)NC(=O)N(C)N1C[C@H](NC(=O)OC(C)(C)C)C1=O. The maximum atomic E-state index is 12.4. The van der Waals surface area contributed by atoms with Crippen LogP contribution in [0.5, 0.6) is 0 Å². The fourth-order valence-electron chi connectivity index (χ4n) is 2.42. The second kappa shape index (κ2) is 8.92. The smallest absolute Gasteiger partial charge is 0.408 e. The summed E-state index contributed by atoms with van der Waals surface area (Å²) in [6.45, 7) is 9.10. The van der Waals surface area contributed by atoms with Gasteiger partial charge in [-0.05, 0) is 33.1 Å². The molecule has 0 aromatic rings. The first-order chi connectivity index (χ1) is 12.4. The van der Waals surface area contributed by atoms with Crippen molar-refractivity contribution < 1.29 is 28.7 Å². The number of esters is 1. The molecule has 2 N–H and O–H groups in total. The van der Waals surface area contributed by atoms with Crippen LogP contribution in [0.2, 0.25) is 0 Å². The zero-order valence-corrected chi connectivity index (χ0v) is 17.0. The number of nitrogens with zero attached hydrogens (tertiary/aromatic N) is 2. The Morgan fingerprint density at radius 1 is 1.30 bits per heavy atom. The number of alkyl carbamates (subject to hydrolysis) is 1. The molecule has 154 valence electrons. The molecule has 1 fully saturated rings. The van der Waals surface area contributed by atoms with Crippen LogP contribution < -0.4 is 10.6 Å². The van der Waals surface area contributed by atoms with Crippen molar-refractivity contribution in [2.45, 2.75) is 58.7 Å². The predicted molar refractivity (Wildman–Crippen MR) is 96.4 cm³/mol. The van der Waals surface area contributed by atoms with Crippen LogP contribution in [0, 0.1) is 5.92 Å². The molecule has 1 aliphatic rings. The highest BCUT2D eigenvalue weighted by molar-refractivity contribution is 5.93. The van der Waals surface area contributed by atoms with E-state index in [1.54, 1.807) is 20.8 Å². The highest BCUT2D eigenvalue weighted by atomic mass is 16.6. The normalized spacial score (nSPS) is 17.7. The van der Waals surface area contributed by atoms with Crippen LogP contribution in [0.3, 0.4) is 0 Å². The number of carbonyl (C=O) groups excluding carboxylic acids is 4. The molecular formula is C17H30N4O6. The molecule has 0 aromatic heterocycles. The molecule has 0 aliphatic carbocycles. The van der Waals surface area contributed by atoms with Crippen molar-refractivity contribution in [1.29, 1.82) is 0 Å². The molecule has 1 rings (SSSR count). The van der Waals surface area contributed by atoms with Crippen molar-refractivity contribution >= 4 is 24.0 Å². The summed E-state index contributed by atoms with van der Waals surface area (Å²) in [4.78, 5) is 48.1. The maximum absolute atomic E-state index is 12.4. The molecule has 0 bridgehead atoms. The summed E-state index contributed by atoms with van der Waals surface area (Å²) in [5.41, 5.74) is -0.674. The van der Waals surface area contributed by atoms with E-state index in [0.29, 0.717) is 6.42 Å². The fraction of sp³-hybridized carbons (Fsp3) is 0.765. The second-order valence-corrected chi connectivity index (χ2v) is 7.80. The van der Waals surface area contributed by atoms with E-state index in [9.17, 15) is 19.2 Å². The number of amides is 4. The Morgan fingerprint density at radius 2 is 1.89 bits per heavy atom. The zero-order valence-electron chi connectivity index (χ0n) is 17.0.